The number of aromatic nitrogens is 1. The number of carbonyl (C=O) groups excluding carboxylic acids is 1. The fourth-order valence-electron chi connectivity index (χ4n) is 1.58. The van der Waals surface area contributed by atoms with E-state index >= 15 is 0 Å². The highest BCUT2D eigenvalue weighted by molar-refractivity contribution is 5.97. The third kappa shape index (κ3) is 5.58. The van der Waals surface area contributed by atoms with E-state index in [1.54, 1.807) is 0 Å². The van der Waals surface area contributed by atoms with E-state index in [1.807, 2.05) is 6.92 Å². The molecule has 5 nitrogen and oxygen atoms in total. The van der Waals surface area contributed by atoms with E-state index in [-0.39, 0.29) is 11.4 Å². The Morgan fingerprint density at radius 1 is 1.38 bits per heavy atom. The molecule has 1 amide bonds. The van der Waals surface area contributed by atoms with E-state index in [0.29, 0.717) is 26.2 Å². The lowest BCUT2D eigenvalue weighted by Crippen LogP contribution is -2.19. The van der Waals surface area contributed by atoms with Crippen LogP contribution in [0.3, 0.4) is 0 Å². The minimum Gasteiger partial charge on any atom is -0.381 e. The van der Waals surface area contributed by atoms with Gasteiger partial charge in [-0.15, -0.1) is 0 Å². The lowest BCUT2D eigenvalue weighted by molar-refractivity contribution is -0.141. The van der Waals surface area contributed by atoms with Crippen molar-refractivity contribution in [2.75, 3.05) is 25.1 Å². The lowest BCUT2D eigenvalue weighted by Gasteiger charge is -2.12. The van der Waals surface area contributed by atoms with Crippen LogP contribution in [-0.2, 0) is 10.9 Å². The molecule has 118 valence electrons. The molecule has 0 fully saturated rings. The predicted molar refractivity (Wildman–Crippen MR) is 72.0 cm³/mol. The van der Waals surface area contributed by atoms with Gasteiger partial charge in [-0.3, -0.25) is 4.79 Å². The number of hydrogen-bond acceptors (Lipinski definition) is 4. The molecular formula is C13H18F3N3O2. The van der Waals surface area contributed by atoms with Gasteiger partial charge < -0.3 is 15.8 Å². The van der Waals surface area contributed by atoms with E-state index in [1.165, 1.54) is 0 Å². The summed E-state index contributed by atoms with van der Waals surface area (Å²) in [7, 11) is 0. The zero-order chi connectivity index (χ0) is 15.9. The quantitative estimate of drug-likeness (QED) is 0.723. The van der Waals surface area contributed by atoms with Gasteiger partial charge >= 0.3 is 6.18 Å². The van der Waals surface area contributed by atoms with Crippen molar-refractivity contribution in [3.8, 4) is 0 Å². The van der Waals surface area contributed by atoms with Crippen LogP contribution in [0, 0.1) is 0 Å². The predicted octanol–water partition coefficient (Wildman–Crippen LogP) is 2.43. The molecular weight excluding hydrogens is 287 g/mol. The van der Waals surface area contributed by atoms with Crippen LogP contribution in [0.4, 0.5) is 19.0 Å². The van der Waals surface area contributed by atoms with Crippen LogP contribution < -0.4 is 11.1 Å². The monoisotopic (exact) mass is 305 g/mol. The van der Waals surface area contributed by atoms with Crippen LogP contribution in [0.1, 0.15) is 35.8 Å². The minimum atomic E-state index is -4.57. The topological polar surface area (TPSA) is 77.2 Å². The second-order valence-corrected chi connectivity index (χ2v) is 4.35. The van der Waals surface area contributed by atoms with Gasteiger partial charge in [0.05, 0.1) is 5.56 Å². The van der Waals surface area contributed by atoms with Crippen molar-refractivity contribution < 1.29 is 22.7 Å². The molecule has 0 radical (unpaired) electrons. The van der Waals surface area contributed by atoms with E-state index in [9.17, 15) is 18.0 Å². The fraction of sp³-hybridized carbons (Fsp3) is 0.538. The van der Waals surface area contributed by atoms with Gasteiger partial charge in [0.2, 0.25) is 0 Å². The number of nitrogens with zero attached hydrogens (tertiary/aromatic N) is 1. The van der Waals surface area contributed by atoms with E-state index in [2.05, 4.69) is 10.3 Å². The molecule has 0 spiro atoms. The van der Waals surface area contributed by atoms with Gasteiger partial charge in [-0.2, -0.15) is 13.2 Å². The summed E-state index contributed by atoms with van der Waals surface area (Å²) in [4.78, 5) is 14.6. The van der Waals surface area contributed by atoms with Crippen molar-refractivity contribution in [3.05, 3.63) is 23.4 Å². The van der Waals surface area contributed by atoms with E-state index in [4.69, 9.17) is 10.5 Å². The first-order chi connectivity index (χ1) is 9.86. The number of rotatable bonds is 8. The molecule has 8 heteroatoms. The summed E-state index contributed by atoms with van der Waals surface area (Å²) in [6, 6.07) is 1.75. The molecule has 21 heavy (non-hydrogen) atoms. The first-order valence-corrected chi connectivity index (χ1v) is 6.56. The highest BCUT2D eigenvalue weighted by Crippen LogP contribution is 2.29. The maximum absolute atomic E-state index is 12.6. The molecule has 0 aliphatic heterocycles. The summed E-state index contributed by atoms with van der Waals surface area (Å²) >= 11 is 0. The Balaban J connectivity index is 2.71. The van der Waals surface area contributed by atoms with Crippen molar-refractivity contribution in [3.63, 3.8) is 0 Å². The van der Waals surface area contributed by atoms with Gasteiger partial charge in [0.15, 0.2) is 0 Å². The van der Waals surface area contributed by atoms with Gasteiger partial charge in [-0.1, -0.05) is 6.92 Å². The van der Waals surface area contributed by atoms with Crippen LogP contribution in [0.2, 0.25) is 0 Å². The molecule has 0 aromatic carbocycles. The van der Waals surface area contributed by atoms with Crippen molar-refractivity contribution in [1.29, 1.82) is 0 Å². The zero-order valence-corrected chi connectivity index (χ0v) is 11.7. The molecule has 3 N–H and O–H groups in total. The second-order valence-electron chi connectivity index (χ2n) is 4.35. The van der Waals surface area contributed by atoms with Crippen molar-refractivity contribution in [1.82, 2.24) is 4.98 Å². The Morgan fingerprint density at radius 2 is 2.10 bits per heavy atom. The number of halogens is 3. The normalized spacial score (nSPS) is 11.4. The highest BCUT2D eigenvalue weighted by Gasteiger charge is 2.33. The Hall–Kier alpha value is -1.83. The molecule has 0 aliphatic rings. The Morgan fingerprint density at radius 3 is 2.67 bits per heavy atom. The number of hydrogen-bond donors (Lipinski definition) is 2. The van der Waals surface area contributed by atoms with Crippen molar-refractivity contribution >= 4 is 11.7 Å². The zero-order valence-electron chi connectivity index (χ0n) is 11.7. The molecule has 1 aromatic rings. The Kier molecular flexibility index (Phi) is 6.41. The summed E-state index contributed by atoms with van der Waals surface area (Å²) in [6.07, 6.45) is -3.10. The highest BCUT2D eigenvalue weighted by atomic mass is 19.4. The fourth-order valence-corrected chi connectivity index (χ4v) is 1.58. The summed E-state index contributed by atoms with van der Waals surface area (Å²) in [5.74, 6) is -0.992. The number of anilines is 1. The van der Waals surface area contributed by atoms with Crippen LogP contribution in [0.25, 0.3) is 0 Å². The number of primary amides is 1. The summed E-state index contributed by atoms with van der Waals surface area (Å²) in [5.41, 5.74) is 3.97. The van der Waals surface area contributed by atoms with Crippen LogP contribution in [-0.4, -0.2) is 30.6 Å². The largest absolute Gasteiger partial charge is 0.433 e. The first kappa shape index (κ1) is 17.2. The third-order valence-electron chi connectivity index (χ3n) is 2.56. The van der Waals surface area contributed by atoms with E-state index in [0.717, 1.165) is 18.6 Å². The number of pyridine rings is 1. The van der Waals surface area contributed by atoms with Crippen LogP contribution in [0.15, 0.2) is 12.1 Å². The molecule has 0 aliphatic carbocycles. The molecule has 0 saturated carbocycles. The number of amides is 1. The van der Waals surface area contributed by atoms with Crippen molar-refractivity contribution in [2.24, 2.45) is 5.73 Å². The number of nitrogens with one attached hydrogen (secondary N) is 1. The minimum absolute atomic E-state index is 0.0718. The van der Waals surface area contributed by atoms with Gasteiger partial charge in [0, 0.05) is 19.8 Å². The summed E-state index contributed by atoms with van der Waals surface area (Å²) in [6.45, 7) is 3.42. The lowest BCUT2D eigenvalue weighted by atomic mass is 10.2. The average Bonchev–Trinajstić information content (AvgIpc) is 2.41. The molecule has 0 saturated heterocycles. The number of ether oxygens (including phenoxy) is 1. The van der Waals surface area contributed by atoms with Gasteiger partial charge in [0.25, 0.3) is 5.91 Å². The molecule has 1 aromatic heterocycles. The van der Waals surface area contributed by atoms with Gasteiger partial charge in [-0.25, -0.2) is 4.98 Å². The average molecular weight is 305 g/mol. The smallest absolute Gasteiger partial charge is 0.381 e. The Labute approximate surface area is 120 Å². The maximum atomic E-state index is 12.6. The molecule has 1 heterocycles. The number of carbonyl (C=O) groups is 1. The third-order valence-corrected chi connectivity index (χ3v) is 2.56. The van der Waals surface area contributed by atoms with Crippen LogP contribution >= 0.6 is 0 Å². The summed E-state index contributed by atoms with van der Waals surface area (Å²) in [5, 5.41) is 2.69. The molecule has 0 atom stereocenters. The second kappa shape index (κ2) is 7.82. The van der Waals surface area contributed by atoms with Crippen LogP contribution in [0.5, 0.6) is 0 Å². The molecule has 0 unspecified atom stereocenters. The number of nitrogens with two attached hydrogens (primary N) is 1. The maximum Gasteiger partial charge on any atom is 0.433 e. The standard InChI is InChI=1S/C13H18F3N3O2/c1-2-7-21-8-3-6-18-12-9(11(17)20)4-5-10(19-12)13(14,15)16/h4-5H,2-3,6-8H2,1H3,(H2,17,20)(H,18,19). The van der Waals surface area contributed by atoms with Crippen molar-refractivity contribution in [2.45, 2.75) is 25.9 Å². The SMILES string of the molecule is CCCOCCCNc1nc(C(F)(F)F)ccc1C(N)=O. The van der Waals surface area contributed by atoms with E-state index < -0.39 is 17.8 Å². The molecule has 0 bridgehead atoms. The van der Waals surface area contributed by atoms with Gasteiger partial charge in [0.1, 0.15) is 11.5 Å². The Bertz CT molecular complexity index is 478. The summed E-state index contributed by atoms with van der Waals surface area (Å²) < 4.78 is 43.1. The number of alkyl halides is 3. The van der Waals surface area contributed by atoms with Gasteiger partial charge in [-0.05, 0) is 25.0 Å². The first-order valence-electron chi connectivity index (χ1n) is 6.56. The molecule has 1 rings (SSSR count).